The van der Waals surface area contributed by atoms with Gasteiger partial charge in [0.15, 0.2) is 0 Å². The minimum absolute atomic E-state index is 0.104. The molecule has 5 nitrogen and oxygen atoms in total. The second-order valence-electron chi connectivity index (χ2n) is 12.1. The number of carbonyl (C=O) groups is 1. The molecule has 6 heteroatoms. The number of rotatable bonds is 11. The lowest BCUT2D eigenvalue weighted by Gasteiger charge is -2.46. The molecular formula is C36H42ClNO4. The lowest BCUT2D eigenvalue weighted by atomic mass is 9.61. The highest BCUT2D eigenvalue weighted by Crippen LogP contribution is 2.55. The van der Waals surface area contributed by atoms with Crippen LogP contribution in [0.5, 0.6) is 5.75 Å². The van der Waals surface area contributed by atoms with E-state index in [2.05, 4.69) is 61.6 Å². The van der Waals surface area contributed by atoms with Crippen molar-refractivity contribution >= 4 is 29.3 Å². The second kappa shape index (κ2) is 12.9. The summed E-state index contributed by atoms with van der Waals surface area (Å²) in [6, 6.07) is 24.4. The zero-order valence-electron chi connectivity index (χ0n) is 25.1. The van der Waals surface area contributed by atoms with E-state index in [0.29, 0.717) is 42.9 Å². The molecule has 0 heterocycles. The number of esters is 1. The van der Waals surface area contributed by atoms with Crippen LogP contribution in [0.1, 0.15) is 62.6 Å². The quantitative estimate of drug-likeness (QED) is 0.228. The van der Waals surface area contributed by atoms with E-state index in [1.54, 1.807) is 7.11 Å². The summed E-state index contributed by atoms with van der Waals surface area (Å²) in [6.07, 6.45) is 6.41. The van der Waals surface area contributed by atoms with E-state index in [0.717, 1.165) is 36.3 Å². The Morgan fingerprint density at radius 1 is 0.952 bits per heavy atom. The predicted molar refractivity (Wildman–Crippen MR) is 170 cm³/mol. The third kappa shape index (κ3) is 6.23. The number of anilines is 1. The summed E-state index contributed by atoms with van der Waals surface area (Å²) in [6.45, 7) is 5.84. The molecule has 0 saturated heterocycles. The van der Waals surface area contributed by atoms with Crippen LogP contribution in [0, 0.1) is 11.8 Å². The number of methoxy groups -OCH3 is 2. The Hall–Kier alpha value is -3.28. The van der Waals surface area contributed by atoms with Gasteiger partial charge < -0.3 is 19.5 Å². The maximum atomic E-state index is 13.3. The first kappa shape index (κ1) is 30.2. The van der Waals surface area contributed by atoms with E-state index in [-0.39, 0.29) is 11.4 Å². The SMILES string of the molecule is COC(=O)C1(Nc2cccc(Cl)c2)CCC2(CC1)C(CC(COCc1ccc(OC)cc1)C(C)C)=Cc1ccccc12. The number of allylic oxidation sites excluding steroid dienone is 1. The van der Waals surface area contributed by atoms with Crippen LogP contribution >= 0.6 is 11.6 Å². The molecule has 3 aromatic rings. The first-order valence-electron chi connectivity index (χ1n) is 14.9. The number of ether oxygens (including phenoxy) is 3. The Bertz CT molecular complexity index is 1410. The van der Waals surface area contributed by atoms with Crippen LogP contribution in [0.2, 0.25) is 5.02 Å². The largest absolute Gasteiger partial charge is 0.497 e. The van der Waals surface area contributed by atoms with Crippen LogP contribution in [0.4, 0.5) is 5.69 Å². The van der Waals surface area contributed by atoms with Gasteiger partial charge in [-0.05, 0) is 91.0 Å². The summed E-state index contributed by atoms with van der Waals surface area (Å²) in [5.74, 6) is 1.46. The van der Waals surface area contributed by atoms with E-state index >= 15 is 0 Å². The Kier molecular flexibility index (Phi) is 9.29. The molecule has 222 valence electrons. The number of benzene rings is 3. The van der Waals surface area contributed by atoms with Gasteiger partial charge in [-0.25, -0.2) is 4.79 Å². The molecule has 2 aliphatic carbocycles. The van der Waals surface area contributed by atoms with E-state index in [1.165, 1.54) is 23.8 Å². The summed E-state index contributed by atoms with van der Waals surface area (Å²) >= 11 is 6.27. The molecule has 1 unspecified atom stereocenters. The molecular weight excluding hydrogens is 546 g/mol. The van der Waals surface area contributed by atoms with Gasteiger partial charge in [0.2, 0.25) is 0 Å². The molecule has 1 saturated carbocycles. The fraction of sp³-hybridized carbons (Fsp3) is 0.417. The average molecular weight is 588 g/mol. The van der Waals surface area contributed by atoms with Gasteiger partial charge in [-0.3, -0.25) is 0 Å². The minimum Gasteiger partial charge on any atom is -0.497 e. The van der Waals surface area contributed by atoms with Gasteiger partial charge in [-0.1, -0.05) is 79.6 Å². The zero-order chi connectivity index (χ0) is 29.7. The molecule has 0 aromatic heterocycles. The van der Waals surface area contributed by atoms with Crippen molar-refractivity contribution in [1.29, 1.82) is 0 Å². The van der Waals surface area contributed by atoms with Gasteiger partial charge in [0.05, 0.1) is 27.4 Å². The van der Waals surface area contributed by atoms with E-state index in [4.69, 9.17) is 25.8 Å². The summed E-state index contributed by atoms with van der Waals surface area (Å²) < 4.78 is 16.9. The van der Waals surface area contributed by atoms with E-state index in [9.17, 15) is 4.79 Å². The van der Waals surface area contributed by atoms with Crippen molar-refractivity contribution in [2.24, 2.45) is 11.8 Å². The van der Waals surface area contributed by atoms with E-state index in [1.807, 2.05) is 36.4 Å². The summed E-state index contributed by atoms with van der Waals surface area (Å²) in [5, 5.41) is 4.17. The van der Waals surface area contributed by atoms with Crippen molar-refractivity contribution in [2.45, 2.75) is 63.5 Å². The van der Waals surface area contributed by atoms with Crippen LogP contribution in [-0.2, 0) is 26.3 Å². The number of carbonyl (C=O) groups excluding carboxylic acids is 1. The summed E-state index contributed by atoms with van der Waals surface area (Å²) in [4.78, 5) is 13.3. The molecule has 2 aliphatic rings. The monoisotopic (exact) mass is 587 g/mol. The first-order valence-corrected chi connectivity index (χ1v) is 15.3. The highest BCUT2D eigenvalue weighted by atomic mass is 35.5. The molecule has 3 aromatic carbocycles. The molecule has 0 radical (unpaired) electrons. The van der Waals surface area contributed by atoms with Crippen molar-refractivity contribution in [2.75, 3.05) is 26.1 Å². The number of fused-ring (bicyclic) bond motifs is 2. The minimum atomic E-state index is -0.799. The van der Waals surface area contributed by atoms with Gasteiger partial charge in [0, 0.05) is 16.1 Å². The first-order chi connectivity index (χ1) is 20.3. The van der Waals surface area contributed by atoms with Crippen molar-refractivity contribution in [3.63, 3.8) is 0 Å². The second-order valence-corrected chi connectivity index (χ2v) is 12.6. The molecule has 5 rings (SSSR count). The molecule has 1 spiro atoms. The Balaban J connectivity index is 1.35. The van der Waals surface area contributed by atoms with Crippen LogP contribution in [0.15, 0.2) is 78.4 Å². The topological polar surface area (TPSA) is 56.8 Å². The van der Waals surface area contributed by atoms with Crippen molar-refractivity contribution in [3.8, 4) is 5.75 Å². The molecule has 0 amide bonds. The van der Waals surface area contributed by atoms with Gasteiger partial charge in [-0.15, -0.1) is 0 Å². The average Bonchev–Trinajstić information content (AvgIpc) is 3.30. The van der Waals surface area contributed by atoms with Crippen LogP contribution in [0.3, 0.4) is 0 Å². The maximum absolute atomic E-state index is 13.3. The maximum Gasteiger partial charge on any atom is 0.331 e. The van der Waals surface area contributed by atoms with Crippen LogP contribution < -0.4 is 10.1 Å². The smallest absolute Gasteiger partial charge is 0.331 e. The zero-order valence-corrected chi connectivity index (χ0v) is 25.9. The van der Waals surface area contributed by atoms with Crippen molar-refractivity contribution < 1.29 is 19.0 Å². The molecule has 1 atom stereocenters. The fourth-order valence-corrected chi connectivity index (χ4v) is 6.93. The predicted octanol–water partition coefficient (Wildman–Crippen LogP) is 8.46. The lowest BCUT2D eigenvalue weighted by molar-refractivity contribution is -0.147. The lowest BCUT2D eigenvalue weighted by Crippen LogP contribution is -2.52. The highest BCUT2D eigenvalue weighted by molar-refractivity contribution is 6.30. The summed E-state index contributed by atoms with van der Waals surface area (Å²) in [5.41, 5.74) is 5.20. The van der Waals surface area contributed by atoms with Crippen LogP contribution in [-0.4, -0.2) is 32.3 Å². The summed E-state index contributed by atoms with van der Waals surface area (Å²) in [7, 11) is 3.16. The molecule has 0 aliphatic heterocycles. The van der Waals surface area contributed by atoms with Crippen molar-refractivity contribution in [3.05, 3.63) is 100 Å². The third-order valence-electron chi connectivity index (χ3n) is 9.35. The number of halogens is 1. The van der Waals surface area contributed by atoms with Gasteiger partial charge >= 0.3 is 5.97 Å². The fourth-order valence-electron chi connectivity index (χ4n) is 6.74. The van der Waals surface area contributed by atoms with Crippen LogP contribution in [0.25, 0.3) is 6.08 Å². The molecule has 42 heavy (non-hydrogen) atoms. The third-order valence-corrected chi connectivity index (χ3v) is 9.58. The highest BCUT2D eigenvalue weighted by Gasteiger charge is 2.52. The standard InChI is InChI=1S/C36H42ClNO4/c1-25(2)28(24-42-23-26-12-14-32(40-3)15-13-26)21-29-20-27-8-5-6-11-33(27)35(29)16-18-36(19-17-35,34(39)41-4)38-31-10-7-9-30(37)22-31/h5-15,20,22,25,28,38H,16-19,21,23-24H2,1-4H3. The number of hydrogen-bond donors (Lipinski definition) is 1. The Labute approximate surface area is 255 Å². The number of hydrogen-bond acceptors (Lipinski definition) is 5. The van der Waals surface area contributed by atoms with Crippen molar-refractivity contribution in [1.82, 2.24) is 0 Å². The molecule has 1 N–H and O–H groups in total. The van der Waals surface area contributed by atoms with Gasteiger partial charge in [0.25, 0.3) is 0 Å². The molecule has 1 fully saturated rings. The van der Waals surface area contributed by atoms with Gasteiger partial charge in [-0.2, -0.15) is 0 Å². The Morgan fingerprint density at radius 2 is 1.69 bits per heavy atom. The van der Waals surface area contributed by atoms with Gasteiger partial charge in [0.1, 0.15) is 11.3 Å². The molecule has 0 bridgehead atoms. The van der Waals surface area contributed by atoms with E-state index < -0.39 is 5.54 Å². The normalized spacial score (nSPS) is 22.0. The number of nitrogens with one attached hydrogen (secondary N) is 1. The Morgan fingerprint density at radius 3 is 2.36 bits per heavy atom.